The second-order valence-electron chi connectivity index (χ2n) is 4.35. The Labute approximate surface area is 112 Å². The fraction of sp³-hybridized carbons (Fsp3) is 0.333. The van der Waals surface area contributed by atoms with Crippen molar-refractivity contribution in [1.29, 1.82) is 0 Å². The zero-order valence-corrected chi connectivity index (χ0v) is 11.2. The molecule has 1 aromatic heterocycles. The average Bonchev–Trinajstić information content (AvgIpc) is 3.12. The van der Waals surface area contributed by atoms with Crippen molar-refractivity contribution in [2.75, 3.05) is 0 Å². The fourth-order valence-corrected chi connectivity index (χ4v) is 2.48. The topological polar surface area (TPSA) is 56.7 Å². The molecule has 0 atom stereocenters. The second kappa shape index (κ2) is 4.44. The molecular weight excluding hydrogens is 299 g/mol. The number of rotatable bonds is 3. The monoisotopic (exact) mass is 310 g/mol. The van der Waals surface area contributed by atoms with Crippen LogP contribution in [0, 0.1) is 5.82 Å². The van der Waals surface area contributed by atoms with Gasteiger partial charge in [-0.25, -0.2) is 4.39 Å². The van der Waals surface area contributed by atoms with E-state index in [1.54, 1.807) is 6.07 Å². The molecule has 1 saturated carbocycles. The first-order valence-electron chi connectivity index (χ1n) is 5.80. The summed E-state index contributed by atoms with van der Waals surface area (Å²) >= 11 is 3.26. The largest absolute Gasteiger partial charge is 0.324 e. The van der Waals surface area contributed by atoms with E-state index >= 15 is 0 Å². The molecule has 0 radical (unpaired) electrons. The minimum Gasteiger partial charge on any atom is -0.324 e. The van der Waals surface area contributed by atoms with Gasteiger partial charge in [-0.3, -0.25) is 0 Å². The van der Waals surface area contributed by atoms with E-state index in [0.717, 1.165) is 18.7 Å². The first-order chi connectivity index (χ1) is 8.72. The quantitative estimate of drug-likeness (QED) is 0.948. The van der Waals surface area contributed by atoms with Crippen molar-refractivity contribution in [3.8, 4) is 11.4 Å². The zero-order chi connectivity index (χ0) is 12.7. The van der Waals surface area contributed by atoms with E-state index in [-0.39, 0.29) is 5.82 Å². The van der Waals surface area contributed by atoms with Crippen molar-refractivity contribution in [1.82, 2.24) is 14.8 Å². The van der Waals surface area contributed by atoms with E-state index in [1.807, 2.05) is 10.6 Å². The van der Waals surface area contributed by atoms with Gasteiger partial charge in [-0.1, -0.05) is 6.07 Å². The summed E-state index contributed by atoms with van der Waals surface area (Å²) in [5, 5.41) is 8.24. The number of benzene rings is 1. The van der Waals surface area contributed by atoms with E-state index in [0.29, 0.717) is 28.4 Å². The van der Waals surface area contributed by atoms with Gasteiger partial charge in [-0.15, -0.1) is 10.2 Å². The molecule has 3 rings (SSSR count). The standard InChI is InChI=1S/C12H12BrFN4/c13-11-8(2-1-3-9(11)14)12-17-16-10(6-15)18(12)7-4-5-7/h1-3,7H,4-6,15H2. The van der Waals surface area contributed by atoms with Gasteiger partial charge in [0.25, 0.3) is 0 Å². The van der Waals surface area contributed by atoms with E-state index < -0.39 is 0 Å². The summed E-state index contributed by atoms with van der Waals surface area (Å²) in [6, 6.07) is 5.32. The van der Waals surface area contributed by atoms with Crippen LogP contribution in [0.25, 0.3) is 11.4 Å². The van der Waals surface area contributed by atoms with Crippen LogP contribution in [-0.2, 0) is 6.54 Å². The number of nitrogens with two attached hydrogens (primary N) is 1. The molecule has 0 unspecified atom stereocenters. The van der Waals surface area contributed by atoms with Gasteiger partial charge in [0.15, 0.2) is 5.82 Å². The van der Waals surface area contributed by atoms with Crippen LogP contribution < -0.4 is 5.73 Å². The summed E-state index contributed by atoms with van der Waals surface area (Å²) in [5.41, 5.74) is 6.38. The Morgan fingerprint density at radius 1 is 1.39 bits per heavy atom. The van der Waals surface area contributed by atoms with Crippen molar-refractivity contribution in [2.45, 2.75) is 25.4 Å². The molecule has 1 heterocycles. The van der Waals surface area contributed by atoms with Gasteiger partial charge in [0.05, 0.1) is 11.0 Å². The first-order valence-corrected chi connectivity index (χ1v) is 6.60. The normalized spacial score (nSPS) is 15.1. The van der Waals surface area contributed by atoms with Crippen molar-refractivity contribution in [3.05, 3.63) is 34.3 Å². The van der Waals surface area contributed by atoms with E-state index in [1.165, 1.54) is 6.07 Å². The SMILES string of the molecule is NCc1nnc(-c2cccc(F)c2Br)n1C1CC1. The van der Waals surface area contributed by atoms with Gasteiger partial charge in [0.2, 0.25) is 0 Å². The van der Waals surface area contributed by atoms with Crippen molar-refractivity contribution >= 4 is 15.9 Å². The number of aromatic nitrogens is 3. The predicted molar refractivity (Wildman–Crippen MR) is 69.3 cm³/mol. The summed E-state index contributed by atoms with van der Waals surface area (Å²) in [7, 11) is 0. The number of nitrogens with zero attached hydrogens (tertiary/aromatic N) is 3. The van der Waals surface area contributed by atoms with Crippen LogP contribution in [0.1, 0.15) is 24.7 Å². The van der Waals surface area contributed by atoms with E-state index in [9.17, 15) is 4.39 Å². The zero-order valence-electron chi connectivity index (χ0n) is 9.61. The van der Waals surface area contributed by atoms with Crippen LogP contribution in [0.4, 0.5) is 4.39 Å². The van der Waals surface area contributed by atoms with Gasteiger partial charge in [-0.2, -0.15) is 0 Å². The van der Waals surface area contributed by atoms with Crippen LogP contribution in [-0.4, -0.2) is 14.8 Å². The lowest BCUT2D eigenvalue weighted by atomic mass is 10.2. The average molecular weight is 311 g/mol. The van der Waals surface area contributed by atoms with Gasteiger partial charge in [0, 0.05) is 11.6 Å². The van der Waals surface area contributed by atoms with Gasteiger partial charge >= 0.3 is 0 Å². The van der Waals surface area contributed by atoms with Gasteiger partial charge in [0.1, 0.15) is 11.6 Å². The number of hydrogen-bond donors (Lipinski definition) is 1. The third kappa shape index (κ3) is 1.85. The Morgan fingerprint density at radius 3 is 2.83 bits per heavy atom. The predicted octanol–water partition coefficient (Wildman–Crippen LogP) is 2.64. The van der Waals surface area contributed by atoms with Crippen LogP contribution in [0.5, 0.6) is 0 Å². The maximum absolute atomic E-state index is 13.6. The fourth-order valence-electron chi connectivity index (χ4n) is 2.04. The molecule has 0 spiro atoms. The molecule has 1 aliphatic rings. The molecule has 0 amide bonds. The molecule has 4 nitrogen and oxygen atoms in total. The number of hydrogen-bond acceptors (Lipinski definition) is 3. The van der Waals surface area contributed by atoms with Crippen molar-refractivity contribution < 1.29 is 4.39 Å². The highest BCUT2D eigenvalue weighted by atomic mass is 79.9. The maximum Gasteiger partial charge on any atom is 0.165 e. The van der Waals surface area contributed by atoms with Crippen LogP contribution in [0.3, 0.4) is 0 Å². The third-order valence-corrected chi connectivity index (χ3v) is 3.86. The summed E-state index contributed by atoms with van der Waals surface area (Å²) < 4.78 is 16.0. The molecule has 2 N–H and O–H groups in total. The molecule has 1 fully saturated rings. The molecular formula is C12H12BrFN4. The molecule has 2 aromatic rings. The summed E-state index contributed by atoms with van der Waals surface area (Å²) in [6.07, 6.45) is 2.20. The smallest absolute Gasteiger partial charge is 0.165 e. The molecule has 94 valence electrons. The Hall–Kier alpha value is -1.27. The molecule has 6 heteroatoms. The van der Waals surface area contributed by atoms with Crippen LogP contribution >= 0.6 is 15.9 Å². The molecule has 0 aliphatic heterocycles. The lowest BCUT2D eigenvalue weighted by Gasteiger charge is -2.09. The molecule has 0 bridgehead atoms. The highest BCUT2D eigenvalue weighted by Gasteiger charge is 2.30. The summed E-state index contributed by atoms with van der Waals surface area (Å²) in [4.78, 5) is 0. The number of halogens is 2. The van der Waals surface area contributed by atoms with Crippen molar-refractivity contribution in [2.24, 2.45) is 5.73 Å². The Kier molecular flexibility index (Phi) is 2.91. The molecule has 1 aromatic carbocycles. The third-order valence-electron chi connectivity index (χ3n) is 3.05. The van der Waals surface area contributed by atoms with E-state index in [2.05, 4.69) is 26.1 Å². The Bertz CT molecular complexity index is 592. The first kappa shape index (κ1) is 11.8. The highest BCUT2D eigenvalue weighted by molar-refractivity contribution is 9.10. The van der Waals surface area contributed by atoms with Crippen LogP contribution in [0.15, 0.2) is 22.7 Å². The van der Waals surface area contributed by atoms with Crippen LogP contribution in [0.2, 0.25) is 0 Å². The Balaban J connectivity index is 2.17. The van der Waals surface area contributed by atoms with Crippen molar-refractivity contribution in [3.63, 3.8) is 0 Å². The summed E-state index contributed by atoms with van der Waals surface area (Å²) in [5.74, 6) is 1.14. The molecule has 0 saturated heterocycles. The summed E-state index contributed by atoms with van der Waals surface area (Å²) in [6.45, 7) is 0.344. The molecule has 18 heavy (non-hydrogen) atoms. The van der Waals surface area contributed by atoms with E-state index in [4.69, 9.17) is 5.73 Å². The Morgan fingerprint density at radius 2 is 2.17 bits per heavy atom. The highest BCUT2D eigenvalue weighted by Crippen LogP contribution is 2.40. The van der Waals surface area contributed by atoms with Gasteiger partial charge in [-0.05, 0) is 40.9 Å². The van der Waals surface area contributed by atoms with Gasteiger partial charge < -0.3 is 10.3 Å². The lowest BCUT2D eigenvalue weighted by Crippen LogP contribution is -2.08. The minimum atomic E-state index is -0.299. The molecule has 1 aliphatic carbocycles. The lowest BCUT2D eigenvalue weighted by molar-refractivity contribution is 0.620. The second-order valence-corrected chi connectivity index (χ2v) is 5.14. The minimum absolute atomic E-state index is 0.299. The maximum atomic E-state index is 13.6.